The molecule has 0 aliphatic heterocycles. The summed E-state index contributed by atoms with van der Waals surface area (Å²) in [6, 6.07) is 14.6. The lowest BCUT2D eigenvalue weighted by Crippen LogP contribution is -2.47. The highest BCUT2D eigenvalue weighted by molar-refractivity contribution is 7.89. The monoisotopic (exact) mass is 589 g/mol. The summed E-state index contributed by atoms with van der Waals surface area (Å²) in [6.07, 6.45) is 1.08. The molecule has 0 radical (unpaired) electrons. The molecule has 40 heavy (non-hydrogen) atoms. The predicted molar refractivity (Wildman–Crippen MR) is 157 cm³/mol. The highest BCUT2D eigenvalue weighted by atomic mass is 32.2. The maximum Gasteiger partial charge on any atom is 0.220 e. The van der Waals surface area contributed by atoms with Crippen LogP contribution in [0.4, 0.5) is 4.39 Å². The van der Waals surface area contributed by atoms with Gasteiger partial charge in [-0.1, -0.05) is 45.0 Å². The van der Waals surface area contributed by atoms with Gasteiger partial charge in [0.2, 0.25) is 10.0 Å². The van der Waals surface area contributed by atoms with Crippen LogP contribution in [0.25, 0.3) is 0 Å². The molecule has 8 nitrogen and oxygen atoms in total. The number of sulfonamides is 1. The van der Waals surface area contributed by atoms with Gasteiger partial charge in [0.1, 0.15) is 22.9 Å². The fourth-order valence-electron chi connectivity index (χ4n) is 3.82. The fourth-order valence-corrected chi connectivity index (χ4v) is 6.83. The van der Waals surface area contributed by atoms with Crippen LogP contribution >= 0.6 is 0 Å². The number of aromatic nitrogens is 2. The van der Waals surface area contributed by atoms with Crippen molar-refractivity contribution in [1.82, 2.24) is 14.3 Å². The van der Waals surface area contributed by atoms with Gasteiger partial charge in [-0.25, -0.2) is 22.8 Å². The SMILES string of the molecule is COc1ccc(CN(Cc2ccc(OC)cc2)S(=O)(=O)[C@H](C)[C@@H](O[Si](C)(C)C(C)(C)C)c2ncc(F)cn2)cc1. The molecule has 1 aromatic heterocycles. The topological polar surface area (TPSA) is 90.9 Å². The molecule has 0 bridgehead atoms. The Hall–Kier alpha value is -2.86. The zero-order valence-electron chi connectivity index (χ0n) is 24.5. The van der Waals surface area contributed by atoms with Gasteiger partial charge in [0.25, 0.3) is 0 Å². The maximum absolute atomic E-state index is 14.4. The largest absolute Gasteiger partial charge is 0.497 e. The van der Waals surface area contributed by atoms with Gasteiger partial charge in [-0.2, -0.15) is 4.31 Å². The van der Waals surface area contributed by atoms with E-state index in [0.29, 0.717) is 11.5 Å². The van der Waals surface area contributed by atoms with Crippen LogP contribution in [0.15, 0.2) is 60.9 Å². The molecule has 0 N–H and O–H groups in total. The Labute approximate surface area is 238 Å². The van der Waals surface area contributed by atoms with Gasteiger partial charge >= 0.3 is 0 Å². The van der Waals surface area contributed by atoms with Gasteiger partial charge in [0, 0.05) is 13.1 Å². The van der Waals surface area contributed by atoms with Crippen molar-refractivity contribution < 1.29 is 26.7 Å². The van der Waals surface area contributed by atoms with Crippen LogP contribution in [0.3, 0.4) is 0 Å². The molecule has 0 saturated carbocycles. The molecule has 0 aliphatic rings. The third-order valence-electron chi connectivity index (χ3n) is 7.41. The van der Waals surface area contributed by atoms with Crippen molar-refractivity contribution in [3.8, 4) is 11.5 Å². The third kappa shape index (κ3) is 7.65. The number of hydrogen-bond acceptors (Lipinski definition) is 7. The maximum atomic E-state index is 14.4. The number of halogens is 1. The summed E-state index contributed by atoms with van der Waals surface area (Å²) in [6.45, 7) is 12.1. The third-order valence-corrected chi connectivity index (χ3v) is 14.0. The smallest absolute Gasteiger partial charge is 0.220 e. The molecular formula is C29H40FN3O5SSi. The van der Waals surface area contributed by atoms with Crippen molar-refractivity contribution in [1.29, 1.82) is 0 Å². The fraction of sp³-hybridized carbons (Fsp3) is 0.448. The zero-order valence-corrected chi connectivity index (χ0v) is 26.3. The molecule has 0 unspecified atom stereocenters. The van der Waals surface area contributed by atoms with Gasteiger partial charge in [-0.05, 0) is 60.4 Å². The second kappa shape index (κ2) is 12.8. The van der Waals surface area contributed by atoms with Crippen molar-refractivity contribution in [2.24, 2.45) is 0 Å². The molecule has 1 heterocycles. The molecule has 2 aromatic carbocycles. The van der Waals surface area contributed by atoms with Crippen molar-refractivity contribution in [2.75, 3.05) is 14.2 Å². The first-order valence-electron chi connectivity index (χ1n) is 13.1. The van der Waals surface area contributed by atoms with E-state index in [1.165, 1.54) is 4.31 Å². The number of hydrogen-bond donors (Lipinski definition) is 0. The quantitative estimate of drug-likeness (QED) is 0.235. The molecular weight excluding hydrogens is 549 g/mol. The van der Waals surface area contributed by atoms with Crippen molar-refractivity contribution in [2.45, 2.75) is 70.3 Å². The first kappa shape index (κ1) is 31.7. The lowest BCUT2D eigenvalue weighted by Gasteiger charge is -2.40. The summed E-state index contributed by atoms with van der Waals surface area (Å²) in [4.78, 5) is 8.29. The summed E-state index contributed by atoms with van der Waals surface area (Å²) in [5.41, 5.74) is 1.59. The van der Waals surface area contributed by atoms with Crippen molar-refractivity contribution >= 4 is 18.3 Å². The summed E-state index contributed by atoms with van der Waals surface area (Å²) in [7, 11) is -3.34. The molecule has 3 aromatic rings. The van der Waals surface area contributed by atoms with Crippen molar-refractivity contribution in [3.63, 3.8) is 0 Å². The van der Waals surface area contributed by atoms with Crippen LogP contribution in [-0.2, 0) is 27.5 Å². The first-order valence-corrected chi connectivity index (χ1v) is 17.5. The van der Waals surface area contributed by atoms with E-state index in [4.69, 9.17) is 13.9 Å². The standard InChI is InChI=1S/C29H40FN3O5SSi/c1-21(27(28-31-17-24(30)18-32-28)38-40(7,8)29(2,3)4)39(34,35)33(19-22-9-13-25(36-5)14-10-22)20-23-11-15-26(37-6)16-12-23/h9-18,21,27H,19-20H2,1-8H3/t21-,27-/m1/s1. The van der Waals surface area contributed by atoms with E-state index >= 15 is 0 Å². The number of ether oxygens (including phenoxy) is 2. The second-order valence-corrected chi connectivity index (χ2v) is 18.3. The minimum Gasteiger partial charge on any atom is -0.497 e. The molecule has 0 saturated heterocycles. The number of nitrogens with zero attached hydrogens (tertiary/aromatic N) is 3. The van der Waals surface area contributed by atoms with E-state index < -0.39 is 35.5 Å². The normalized spacial score (nSPS) is 14.2. The lowest BCUT2D eigenvalue weighted by atomic mass is 10.2. The lowest BCUT2D eigenvalue weighted by molar-refractivity contribution is 0.168. The van der Waals surface area contributed by atoms with Crippen LogP contribution in [-0.4, -0.2) is 50.5 Å². The van der Waals surface area contributed by atoms with E-state index in [1.54, 1.807) is 45.4 Å². The highest BCUT2D eigenvalue weighted by Crippen LogP contribution is 2.41. The summed E-state index contributed by atoms with van der Waals surface area (Å²) in [5.74, 6) is 0.887. The Bertz CT molecular complexity index is 1300. The second-order valence-electron chi connectivity index (χ2n) is 11.3. The van der Waals surface area contributed by atoms with Crippen LogP contribution in [0.5, 0.6) is 11.5 Å². The Morgan fingerprint density at radius 2 is 1.30 bits per heavy atom. The van der Waals surface area contributed by atoms with Crippen LogP contribution in [0.1, 0.15) is 50.8 Å². The molecule has 218 valence electrons. The summed E-state index contributed by atoms with van der Waals surface area (Å²) in [5, 5.41) is -1.27. The van der Waals surface area contributed by atoms with Crippen LogP contribution in [0, 0.1) is 5.82 Å². The molecule has 0 fully saturated rings. The van der Waals surface area contributed by atoms with Gasteiger partial charge in [-0.15, -0.1) is 0 Å². The molecule has 0 aliphatic carbocycles. The van der Waals surface area contributed by atoms with E-state index in [-0.39, 0.29) is 24.0 Å². The van der Waals surface area contributed by atoms with Gasteiger partial charge in [0.05, 0.1) is 26.6 Å². The molecule has 0 spiro atoms. The summed E-state index contributed by atoms with van der Waals surface area (Å²) < 4.78 is 61.1. The van der Waals surface area contributed by atoms with E-state index in [1.807, 2.05) is 37.4 Å². The molecule has 2 atom stereocenters. The Morgan fingerprint density at radius 3 is 1.68 bits per heavy atom. The van der Waals surface area contributed by atoms with E-state index in [2.05, 4.69) is 30.7 Å². The Morgan fingerprint density at radius 1 is 0.875 bits per heavy atom. The zero-order chi connectivity index (χ0) is 29.7. The number of methoxy groups -OCH3 is 2. The van der Waals surface area contributed by atoms with E-state index in [9.17, 15) is 12.8 Å². The van der Waals surface area contributed by atoms with Crippen LogP contribution < -0.4 is 9.47 Å². The van der Waals surface area contributed by atoms with Gasteiger partial charge < -0.3 is 13.9 Å². The Balaban J connectivity index is 2.05. The summed E-state index contributed by atoms with van der Waals surface area (Å²) >= 11 is 0. The van der Waals surface area contributed by atoms with Gasteiger partial charge in [0.15, 0.2) is 20.0 Å². The minimum atomic E-state index is -4.01. The van der Waals surface area contributed by atoms with Gasteiger partial charge in [-0.3, -0.25) is 0 Å². The molecule has 0 amide bonds. The molecule has 3 rings (SSSR count). The average molecular weight is 590 g/mol. The number of benzene rings is 2. The van der Waals surface area contributed by atoms with Crippen LogP contribution in [0.2, 0.25) is 18.1 Å². The van der Waals surface area contributed by atoms with E-state index in [0.717, 1.165) is 23.5 Å². The Kier molecular flexibility index (Phi) is 10.1. The number of rotatable bonds is 12. The molecule has 11 heteroatoms. The first-order chi connectivity index (χ1) is 18.7. The minimum absolute atomic E-state index is 0.125. The average Bonchev–Trinajstić information content (AvgIpc) is 2.91. The predicted octanol–water partition coefficient (Wildman–Crippen LogP) is 6.12. The van der Waals surface area contributed by atoms with Crippen molar-refractivity contribution in [3.05, 3.63) is 83.7 Å². The highest BCUT2D eigenvalue weighted by Gasteiger charge is 2.45.